The van der Waals surface area contributed by atoms with Crippen LogP contribution in [0.25, 0.3) is 0 Å². The summed E-state index contributed by atoms with van der Waals surface area (Å²) < 4.78 is 5.70. The van der Waals surface area contributed by atoms with Gasteiger partial charge in [-0.05, 0) is 38.3 Å². The van der Waals surface area contributed by atoms with E-state index in [1.807, 2.05) is 0 Å². The van der Waals surface area contributed by atoms with Crippen molar-refractivity contribution in [1.29, 1.82) is 0 Å². The minimum Gasteiger partial charge on any atom is -0.374 e. The van der Waals surface area contributed by atoms with E-state index in [1.165, 1.54) is 0 Å². The van der Waals surface area contributed by atoms with Crippen LogP contribution in [0, 0.1) is 5.41 Å². The number of fused-ring (bicyclic) bond motifs is 3. The predicted octanol–water partition coefficient (Wildman–Crippen LogP) is 1.70. The SMILES string of the molecule is C[C@]1(C(=O)ON2C(=O)c3ccccc3C2=O)C[C@H]2CC[C@@H]1O2. The molecule has 2 bridgehead atoms. The molecule has 3 atom stereocenters. The van der Waals surface area contributed by atoms with Crippen LogP contribution in [0.5, 0.6) is 0 Å². The van der Waals surface area contributed by atoms with Crippen LogP contribution in [0.15, 0.2) is 24.3 Å². The van der Waals surface area contributed by atoms with Crippen LogP contribution in [0.2, 0.25) is 0 Å². The molecule has 2 fully saturated rings. The molecule has 2 saturated heterocycles. The Hall–Kier alpha value is -2.21. The number of ether oxygens (including phenoxy) is 1. The lowest BCUT2D eigenvalue weighted by molar-refractivity contribution is -0.183. The van der Waals surface area contributed by atoms with Crippen molar-refractivity contribution in [3.8, 4) is 0 Å². The molecule has 0 saturated carbocycles. The van der Waals surface area contributed by atoms with E-state index in [0.29, 0.717) is 11.5 Å². The number of benzene rings is 1. The van der Waals surface area contributed by atoms with Crippen LogP contribution < -0.4 is 0 Å². The molecular formula is C16H15NO5. The van der Waals surface area contributed by atoms with Crippen LogP contribution in [0.4, 0.5) is 0 Å². The normalized spacial score (nSPS) is 32.5. The Bertz CT molecular complexity index is 665. The van der Waals surface area contributed by atoms with Crippen LogP contribution >= 0.6 is 0 Å². The fourth-order valence-electron chi connectivity index (χ4n) is 3.58. The van der Waals surface area contributed by atoms with Gasteiger partial charge in [0.1, 0.15) is 0 Å². The second-order valence-electron chi connectivity index (χ2n) is 6.27. The number of nitrogens with zero attached hydrogens (tertiary/aromatic N) is 1. The second kappa shape index (κ2) is 4.39. The minimum atomic E-state index is -0.793. The molecule has 6 nitrogen and oxygen atoms in total. The predicted molar refractivity (Wildman–Crippen MR) is 73.7 cm³/mol. The number of hydroxylamine groups is 2. The smallest absolute Gasteiger partial charge is 0.341 e. The van der Waals surface area contributed by atoms with E-state index in [1.54, 1.807) is 31.2 Å². The molecule has 6 heteroatoms. The summed E-state index contributed by atoms with van der Waals surface area (Å²) in [5.41, 5.74) is -0.276. The van der Waals surface area contributed by atoms with Crippen molar-refractivity contribution in [2.45, 2.75) is 38.4 Å². The van der Waals surface area contributed by atoms with Gasteiger partial charge in [0.25, 0.3) is 11.8 Å². The third-order valence-corrected chi connectivity index (χ3v) is 4.87. The lowest BCUT2D eigenvalue weighted by Crippen LogP contribution is -2.43. The second-order valence-corrected chi connectivity index (χ2v) is 6.27. The van der Waals surface area contributed by atoms with Crippen molar-refractivity contribution >= 4 is 17.8 Å². The summed E-state index contributed by atoms with van der Waals surface area (Å²) in [6.45, 7) is 1.78. The fraction of sp³-hybridized carbons (Fsp3) is 0.438. The largest absolute Gasteiger partial charge is 0.374 e. The highest BCUT2D eigenvalue weighted by molar-refractivity contribution is 6.20. The highest BCUT2D eigenvalue weighted by atomic mass is 16.7. The summed E-state index contributed by atoms with van der Waals surface area (Å²) in [5, 5.41) is 0.574. The molecular weight excluding hydrogens is 286 g/mol. The molecule has 0 spiro atoms. The van der Waals surface area contributed by atoms with E-state index in [2.05, 4.69) is 0 Å². The zero-order valence-corrected chi connectivity index (χ0v) is 12.1. The van der Waals surface area contributed by atoms with Crippen molar-refractivity contribution in [2.24, 2.45) is 5.41 Å². The van der Waals surface area contributed by atoms with Gasteiger partial charge in [0.2, 0.25) is 0 Å². The van der Waals surface area contributed by atoms with E-state index < -0.39 is 23.2 Å². The molecule has 3 heterocycles. The molecule has 0 aliphatic carbocycles. The first-order chi connectivity index (χ1) is 10.5. The highest BCUT2D eigenvalue weighted by Crippen LogP contribution is 2.48. The number of carbonyl (C=O) groups is 3. The molecule has 4 rings (SSSR count). The van der Waals surface area contributed by atoms with Gasteiger partial charge in [0, 0.05) is 0 Å². The van der Waals surface area contributed by atoms with Crippen molar-refractivity contribution in [3.63, 3.8) is 0 Å². The van der Waals surface area contributed by atoms with Gasteiger partial charge in [0.05, 0.1) is 28.7 Å². The molecule has 1 aromatic carbocycles. The van der Waals surface area contributed by atoms with E-state index in [4.69, 9.17) is 9.57 Å². The maximum absolute atomic E-state index is 12.5. The molecule has 3 aliphatic rings. The Labute approximate surface area is 126 Å². The Kier molecular flexibility index (Phi) is 2.69. The van der Waals surface area contributed by atoms with E-state index in [-0.39, 0.29) is 23.3 Å². The van der Waals surface area contributed by atoms with Gasteiger partial charge in [0.15, 0.2) is 0 Å². The Morgan fingerprint density at radius 2 is 1.86 bits per heavy atom. The number of amides is 2. The van der Waals surface area contributed by atoms with Crippen molar-refractivity contribution in [1.82, 2.24) is 5.06 Å². The Balaban J connectivity index is 1.57. The minimum absolute atomic E-state index is 0.0738. The number of hydrogen-bond acceptors (Lipinski definition) is 5. The van der Waals surface area contributed by atoms with E-state index >= 15 is 0 Å². The highest BCUT2D eigenvalue weighted by Gasteiger charge is 2.56. The third-order valence-electron chi connectivity index (χ3n) is 4.87. The summed E-state index contributed by atoms with van der Waals surface area (Å²) in [7, 11) is 0. The molecule has 114 valence electrons. The van der Waals surface area contributed by atoms with Gasteiger partial charge in [-0.3, -0.25) is 9.59 Å². The molecule has 1 aromatic rings. The molecule has 3 aliphatic heterocycles. The first-order valence-electron chi connectivity index (χ1n) is 7.36. The van der Waals surface area contributed by atoms with Gasteiger partial charge < -0.3 is 9.57 Å². The lowest BCUT2D eigenvalue weighted by atomic mass is 9.76. The number of carbonyl (C=O) groups excluding carboxylic acids is 3. The van der Waals surface area contributed by atoms with Crippen molar-refractivity contribution in [2.75, 3.05) is 0 Å². The average Bonchev–Trinajstić information content (AvgIpc) is 3.17. The summed E-state index contributed by atoms with van der Waals surface area (Å²) in [6.07, 6.45) is 2.20. The molecule has 0 N–H and O–H groups in total. The molecule has 0 aromatic heterocycles. The quantitative estimate of drug-likeness (QED) is 0.777. The maximum atomic E-state index is 12.5. The Morgan fingerprint density at radius 3 is 2.36 bits per heavy atom. The first kappa shape index (κ1) is 13.5. The fourth-order valence-corrected chi connectivity index (χ4v) is 3.58. The third kappa shape index (κ3) is 1.67. The van der Waals surface area contributed by atoms with E-state index in [0.717, 1.165) is 12.8 Å². The van der Waals surface area contributed by atoms with E-state index in [9.17, 15) is 14.4 Å². The van der Waals surface area contributed by atoms with Crippen LogP contribution in [0.3, 0.4) is 0 Å². The topological polar surface area (TPSA) is 72.9 Å². The standard InChI is InChI=1S/C16H15NO5/c1-16(8-9-6-7-12(16)21-9)15(20)22-17-13(18)10-4-2-3-5-11(10)14(17)19/h2-5,9,12H,6-8H2,1H3/t9-,12+,16+/m1/s1. The van der Waals surface area contributed by atoms with Crippen LogP contribution in [-0.2, 0) is 14.4 Å². The van der Waals surface area contributed by atoms with Crippen molar-refractivity contribution in [3.05, 3.63) is 35.4 Å². The average molecular weight is 301 g/mol. The zero-order valence-electron chi connectivity index (χ0n) is 12.1. The number of hydrogen-bond donors (Lipinski definition) is 0. The Morgan fingerprint density at radius 1 is 1.23 bits per heavy atom. The van der Waals surface area contributed by atoms with Gasteiger partial charge in [-0.1, -0.05) is 17.2 Å². The number of rotatable bonds is 2. The summed E-state index contributed by atoms with van der Waals surface area (Å²) in [6, 6.07) is 6.43. The zero-order chi connectivity index (χ0) is 15.5. The molecule has 0 radical (unpaired) electrons. The maximum Gasteiger partial charge on any atom is 0.341 e. The van der Waals surface area contributed by atoms with Gasteiger partial charge in [-0.15, -0.1) is 0 Å². The van der Waals surface area contributed by atoms with Crippen LogP contribution in [-0.4, -0.2) is 35.1 Å². The van der Waals surface area contributed by atoms with Crippen molar-refractivity contribution < 1.29 is 24.0 Å². The summed E-state index contributed by atoms with van der Waals surface area (Å²) >= 11 is 0. The van der Waals surface area contributed by atoms with Gasteiger partial charge in [-0.25, -0.2) is 4.79 Å². The molecule has 22 heavy (non-hydrogen) atoms. The lowest BCUT2D eigenvalue weighted by Gasteiger charge is -2.29. The van der Waals surface area contributed by atoms with Crippen LogP contribution in [0.1, 0.15) is 46.9 Å². The first-order valence-corrected chi connectivity index (χ1v) is 7.36. The summed E-state index contributed by atoms with van der Waals surface area (Å²) in [4.78, 5) is 42.1. The van der Waals surface area contributed by atoms with Gasteiger partial charge >= 0.3 is 5.97 Å². The monoisotopic (exact) mass is 301 g/mol. The number of imide groups is 1. The molecule has 0 unspecified atom stereocenters. The molecule has 2 amide bonds. The van der Waals surface area contributed by atoms with Gasteiger partial charge in [-0.2, -0.15) is 0 Å². The summed E-state index contributed by atoms with van der Waals surface area (Å²) in [5.74, 6) is -1.77.